The SMILES string of the molecule is C=CC(C)(CO)CC1CSc2ccccc21. The first-order valence-corrected chi connectivity index (χ1v) is 6.63. The first-order valence-electron chi connectivity index (χ1n) is 5.65. The van der Waals surface area contributed by atoms with Crippen LogP contribution >= 0.6 is 11.8 Å². The molecule has 2 unspecified atom stereocenters. The van der Waals surface area contributed by atoms with Crippen LogP contribution in [0.2, 0.25) is 0 Å². The van der Waals surface area contributed by atoms with E-state index in [0.717, 1.165) is 12.2 Å². The Morgan fingerprint density at radius 3 is 3.00 bits per heavy atom. The Kier molecular flexibility index (Phi) is 3.41. The molecule has 1 heterocycles. The molecule has 1 nitrogen and oxygen atoms in total. The van der Waals surface area contributed by atoms with Crippen LogP contribution in [0.1, 0.15) is 24.8 Å². The van der Waals surface area contributed by atoms with Crippen LogP contribution < -0.4 is 0 Å². The second kappa shape index (κ2) is 4.64. The lowest BCUT2D eigenvalue weighted by Gasteiger charge is -2.26. The van der Waals surface area contributed by atoms with Crippen LogP contribution in [0, 0.1) is 5.41 Å². The molecule has 1 aromatic rings. The molecule has 0 saturated heterocycles. The third-order valence-corrected chi connectivity index (χ3v) is 4.62. The third kappa shape index (κ3) is 2.18. The van der Waals surface area contributed by atoms with Crippen LogP contribution in [-0.2, 0) is 0 Å². The van der Waals surface area contributed by atoms with E-state index in [0.29, 0.717) is 5.92 Å². The van der Waals surface area contributed by atoms with E-state index in [2.05, 4.69) is 37.8 Å². The zero-order valence-electron chi connectivity index (χ0n) is 9.65. The molecule has 1 N–H and O–H groups in total. The maximum atomic E-state index is 9.42. The van der Waals surface area contributed by atoms with Crippen molar-refractivity contribution in [1.29, 1.82) is 0 Å². The summed E-state index contributed by atoms with van der Waals surface area (Å²) in [6.07, 6.45) is 2.87. The summed E-state index contributed by atoms with van der Waals surface area (Å²) in [5, 5.41) is 9.42. The number of hydrogen-bond donors (Lipinski definition) is 1. The first-order chi connectivity index (χ1) is 7.68. The van der Waals surface area contributed by atoms with Crippen molar-refractivity contribution in [2.75, 3.05) is 12.4 Å². The third-order valence-electron chi connectivity index (χ3n) is 3.37. The summed E-state index contributed by atoms with van der Waals surface area (Å²) in [5.74, 6) is 1.68. The fourth-order valence-electron chi connectivity index (χ4n) is 2.17. The van der Waals surface area contributed by atoms with Crippen molar-refractivity contribution >= 4 is 11.8 Å². The summed E-state index contributed by atoms with van der Waals surface area (Å²) >= 11 is 1.92. The fraction of sp³-hybridized carbons (Fsp3) is 0.429. The standard InChI is InChI=1S/C14H18OS/c1-3-14(2,10-15)8-11-9-16-13-7-5-4-6-12(11)13/h3-7,11,15H,1,8-10H2,2H3. The van der Waals surface area contributed by atoms with E-state index in [-0.39, 0.29) is 12.0 Å². The molecule has 16 heavy (non-hydrogen) atoms. The predicted molar refractivity (Wildman–Crippen MR) is 69.9 cm³/mol. The van der Waals surface area contributed by atoms with E-state index < -0.39 is 0 Å². The Hall–Kier alpha value is -0.730. The lowest BCUT2D eigenvalue weighted by molar-refractivity contribution is 0.169. The molecular formula is C14H18OS. The van der Waals surface area contributed by atoms with Gasteiger partial charge in [0.15, 0.2) is 0 Å². The van der Waals surface area contributed by atoms with Crippen LogP contribution in [0.15, 0.2) is 41.8 Å². The van der Waals surface area contributed by atoms with Gasteiger partial charge in [-0.3, -0.25) is 0 Å². The van der Waals surface area contributed by atoms with E-state index in [1.165, 1.54) is 10.5 Å². The Morgan fingerprint density at radius 2 is 2.31 bits per heavy atom. The van der Waals surface area contributed by atoms with Crippen molar-refractivity contribution in [3.05, 3.63) is 42.5 Å². The molecule has 2 atom stereocenters. The number of benzene rings is 1. The highest BCUT2D eigenvalue weighted by molar-refractivity contribution is 7.99. The second-order valence-electron chi connectivity index (χ2n) is 4.77. The van der Waals surface area contributed by atoms with Crippen LogP contribution in [0.4, 0.5) is 0 Å². The average molecular weight is 234 g/mol. The van der Waals surface area contributed by atoms with Gasteiger partial charge in [0, 0.05) is 16.1 Å². The summed E-state index contributed by atoms with van der Waals surface area (Å²) in [5.41, 5.74) is 1.29. The summed E-state index contributed by atoms with van der Waals surface area (Å²) < 4.78 is 0. The summed E-state index contributed by atoms with van der Waals surface area (Å²) in [6, 6.07) is 8.58. The molecule has 0 amide bonds. The van der Waals surface area contributed by atoms with E-state index in [9.17, 15) is 5.11 Å². The van der Waals surface area contributed by atoms with E-state index in [1.807, 2.05) is 17.8 Å². The Morgan fingerprint density at radius 1 is 1.56 bits per heavy atom. The molecule has 0 aliphatic carbocycles. The van der Waals surface area contributed by atoms with Gasteiger partial charge in [0.2, 0.25) is 0 Å². The van der Waals surface area contributed by atoms with Crippen LogP contribution in [0.5, 0.6) is 0 Å². The van der Waals surface area contributed by atoms with Crippen molar-refractivity contribution in [2.24, 2.45) is 5.41 Å². The van der Waals surface area contributed by atoms with E-state index in [1.54, 1.807) is 0 Å². The molecule has 2 heteroatoms. The summed E-state index contributed by atoms with van der Waals surface area (Å²) in [4.78, 5) is 1.40. The number of hydrogen-bond acceptors (Lipinski definition) is 2. The minimum absolute atomic E-state index is 0.150. The molecule has 2 rings (SSSR count). The van der Waals surface area contributed by atoms with Gasteiger partial charge in [-0.25, -0.2) is 0 Å². The zero-order chi connectivity index (χ0) is 11.6. The molecule has 86 valence electrons. The minimum atomic E-state index is -0.150. The largest absolute Gasteiger partial charge is 0.395 e. The van der Waals surface area contributed by atoms with Gasteiger partial charge in [-0.15, -0.1) is 18.3 Å². The zero-order valence-corrected chi connectivity index (χ0v) is 10.5. The van der Waals surface area contributed by atoms with Gasteiger partial charge in [-0.1, -0.05) is 31.2 Å². The highest BCUT2D eigenvalue weighted by atomic mass is 32.2. The molecule has 1 aromatic carbocycles. The molecule has 0 fully saturated rings. The Labute approximate surface area is 102 Å². The van der Waals surface area contributed by atoms with Gasteiger partial charge in [-0.05, 0) is 24.0 Å². The highest BCUT2D eigenvalue weighted by Gasteiger charge is 2.30. The van der Waals surface area contributed by atoms with Crippen LogP contribution in [0.25, 0.3) is 0 Å². The van der Waals surface area contributed by atoms with Crippen molar-refractivity contribution in [2.45, 2.75) is 24.2 Å². The van der Waals surface area contributed by atoms with Crippen molar-refractivity contribution < 1.29 is 5.11 Å². The van der Waals surface area contributed by atoms with E-state index >= 15 is 0 Å². The Balaban J connectivity index is 2.17. The quantitative estimate of drug-likeness (QED) is 0.805. The molecule has 0 bridgehead atoms. The molecule has 0 spiro atoms. The molecule has 0 radical (unpaired) electrons. The van der Waals surface area contributed by atoms with Crippen LogP contribution in [0.3, 0.4) is 0 Å². The number of fused-ring (bicyclic) bond motifs is 1. The number of aliphatic hydroxyl groups excluding tert-OH is 1. The second-order valence-corrected chi connectivity index (χ2v) is 5.83. The molecule has 0 aromatic heterocycles. The van der Waals surface area contributed by atoms with Crippen LogP contribution in [-0.4, -0.2) is 17.5 Å². The molecule has 0 saturated carbocycles. The van der Waals surface area contributed by atoms with Gasteiger partial charge < -0.3 is 5.11 Å². The Bertz CT molecular complexity index is 388. The lowest BCUT2D eigenvalue weighted by atomic mass is 9.80. The minimum Gasteiger partial charge on any atom is -0.395 e. The fourth-order valence-corrected chi connectivity index (χ4v) is 3.43. The van der Waals surface area contributed by atoms with Gasteiger partial charge in [0.25, 0.3) is 0 Å². The number of rotatable bonds is 4. The number of aliphatic hydroxyl groups is 1. The van der Waals surface area contributed by atoms with Gasteiger partial charge in [0.1, 0.15) is 0 Å². The maximum Gasteiger partial charge on any atom is 0.0519 e. The van der Waals surface area contributed by atoms with Crippen molar-refractivity contribution in [1.82, 2.24) is 0 Å². The molecule has 1 aliphatic heterocycles. The van der Waals surface area contributed by atoms with Crippen molar-refractivity contribution in [3.63, 3.8) is 0 Å². The molecule has 1 aliphatic rings. The monoisotopic (exact) mass is 234 g/mol. The summed E-state index contributed by atoms with van der Waals surface area (Å²) in [7, 11) is 0. The lowest BCUT2D eigenvalue weighted by Crippen LogP contribution is -2.21. The normalized spacial score (nSPS) is 22.5. The number of thioether (sulfide) groups is 1. The van der Waals surface area contributed by atoms with Gasteiger partial charge in [0.05, 0.1) is 6.61 Å². The van der Waals surface area contributed by atoms with Crippen molar-refractivity contribution in [3.8, 4) is 0 Å². The maximum absolute atomic E-state index is 9.42. The molecular weight excluding hydrogens is 216 g/mol. The predicted octanol–water partition coefficient (Wildman–Crippen LogP) is 3.45. The van der Waals surface area contributed by atoms with Gasteiger partial charge >= 0.3 is 0 Å². The highest BCUT2D eigenvalue weighted by Crippen LogP contribution is 2.44. The topological polar surface area (TPSA) is 20.2 Å². The average Bonchev–Trinajstić information content (AvgIpc) is 2.73. The smallest absolute Gasteiger partial charge is 0.0519 e. The summed E-state index contributed by atoms with van der Waals surface area (Å²) in [6.45, 7) is 6.09. The van der Waals surface area contributed by atoms with E-state index in [4.69, 9.17) is 0 Å². The first kappa shape index (κ1) is 11.7. The van der Waals surface area contributed by atoms with Gasteiger partial charge in [-0.2, -0.15) is 0 Å².